The van der Waals surface area contributed by atoms with Crippen LogP contribution in [0.2, 0.25) is 0 Å². The van der Waals surface area contributed by atoms with Gasteiger partial charge in [-0.2, -0.15) is 0 Å². The zero-order chi connectivity index (χ0) is 15.8. The second-order valence-corrected chi connectivity index (χ2v) is 9.46. The van der Waals surface area contributed by atoms with Crippen LogP contribution >= 0.6 is 7.60 Å². The van der Waals surface area contributed by atoms with Crippen molar-refractivity contribution in [2.45, 2.75) is 43.8 Å². The summed E-state index contributed by atoms with van der Waals surface area (Å²) in [4.78, 5) is 30.2. The molecule has 1 unspecified atom stereocenters. The van der Waals surface area contributed by atoms with Crippen LogP contribution in [-0.2, 0) is 14.3 Å². The molecule has 1 spiro atoms. The highest BCUT2D eigenvalue weighted by atomic mass is 31.2. The Morgan fingerprint density at radius 3 is 2.22 bits per heavy atom. The molecule has 1 aromatic rings. The van der Waals surface area contributed by atoms with Gasteiger partial charge in [-0.05, 0) is 73.5 Å². The van der Waals surface area contributed by atoms with E-state index in [0.717, 1.165) is 17.4 Å². The molecule has 1 aliphatic heterocycles. The molecule has 0 radical (unpaired) electrons. The number of hydrogen-bond acceptors (Lipinski definition) is 3. The van der Waals surface area contributed by atoms with E-state index in [4.69, 9.17) is 9.78 Å². The molecular weight excluding hydrogens is 315 g/mol. The summed E-state index contributed by atoms with van der Waals surface area (Å²) in [6.45, 7) is 0. The first-order valence-electron chi connectivity index (χ1n) is 8.47. The van der Waals surface area contributed by atoms with E-state index >= 15 is 0 Å². The molecule has 0 amide bonds. The van der Waals surface area contributed by atoms with Crippen LogP contribution in [0.5, 0.6) is 0 Å². The minimum absolute atomic E-state index is 0.0597. The van der Waals surface area contributed by atoms with Crippen molar-refractivity contribution >= 4 is 12.9 Å². The predicted octanol–water partition coefficient (Wildman–Crippen LogP) is 2.69. The third kappa shape index (κ3) is 1.98. The maximum absolute atomic E-state index is 11.5. The van der Waals surface area contributed by atoms with E-state index in [9.17, 15) is 14.4 Å². The van der Waals surface area contributed by atoms with Crippen LogP contribution in [0.1, 0.15) is 43.8 Å². The molecule has 6 heteroatoms. The van der Waals surface area contributed by atoms with Gasteiger partial charge >= 0.3 is 7.60 Å². The summed E-state index contributed by atoms with van der Waals surface area (Å²) in [5, 5.41) is 0.0597. The van der Waals surface area contributed by atoms with Gasteiger partial charge in [0.05, 0.1) is 5.30 Å². The zero-order valence-electron chi connectivity index (χ0n) is 12.8. The van der Waals surface area contributed by atoms with Crippen LogP contribution in [0.3, 0.4) is 0 Å². The van der Waals surface area contributed by atoms with Crippen molar-refractivity contribution in [3.63, 3.8) is 0 Å². The normalized spacial score (nSPS) is 44.5. The van der Waals surface area contributed by atoms with Crippen molar-refractivity contribution in [1.82, 2.24) is 0 Å². The average molecular weight is 336 g/mol. The molecular formula is C17H21O5P. The topological polar surface area (TPSA) is 76.0 Å². The lowest BCUT2D eigenvalue weighted by molar-refractivity contribution is -0.551. The van der Waals surface area contributed by atoms with Gasteiger partial charge in [-0.3, -0.25) is 4.57 Å². The second kappa shape index (κ2) is 4.68. The largest absolute Gasteiger partial charge is 0.356 e. The fraction of sp³-hybridized carbons (Fsp3) is 0.647. The van der Waals surface area contributed by atoms with Gasteiger partial charge in [0.2, 0.25) is 0 Å². The first-order valence-corrected chi connectivity index (χ1v) is 10.1. The smallest absolute Gasteiger partial charge is 0.321 e. The molecule has 0 aromatic heterocycles. The van der Waals surface area contributed by atoms with Crippen molar-refractivity contribution in [2.75, 3.05) is 0 Å². The molecule has 2 N–H and O–H groups in total. The number of hydrogen-bond donors (Lipinski definition) is 2. The van der Waals surface area contributed by atoms with Gasteiger partial charge in [0, 0.05) is 0 Å². The fourth-order valence-electron chi connectivity index (χ4n) is 5.88. The minimum Gasteiger partial charge on any atom is -0.321 e. The Morgan fingerprint density at radius 1 is 1.04 bits per heavy atom. The van der Waals surface area contributed by atoms with Crippen LogP contribution in [-0.4, -0.2) is 15.4 Å². The van der Waals surface area contributed by atoms with Crippen LogP contribution < -0.4 is 5.30 Å². The molecule has 5 aliphatic rings. The third-order valence-corrected chi connectivity index (χ3v) is 7.57. The Balaban J connectivity index is 1.52. The molecule has 4 bridgehead atoms. The summed E-state index contributed by atoms with van der Waals surface area (Å²) in [7, 11) is -4.25. The molecule has 4 aliphatic carbocycles. The van der Waals surface area contributed by atoms with Gasteiger partial charge in [-0.1, -0.05) is 12.1 Å². The van der Waals surface area contributed by atoms with Crippen molar-refractivity contribution in [3.05, 3.63) is 29.8 Å². The summed E-state index contributed by atoms with van der Waals surface area (Å²) >= 11 is 0. The van der Waals surface area contributed by atoms with Crippen LogP contribution in [0.15, 0.2) is 24.3 Å². The maximum Gasteiger partial charge on any atom is 0.356 e. The van der Waals surface area contributed by atoms with E-state index in [2.05, 4.69) is 0 Å². The van der Waals surface area contributed by atoms with Gasteiger partial charge < -0.3 is 9.79 Å². The molecule has 5 nitrogen and oxygen atoms in total. The quantitative estimate of drug-likeness (QED) is 0.641. The molecule has 124 valence electrons. The second-order valence-electron chi connectivity index (χ2n) is 7.86. The molecule has 6 rings (SSSR count). The van der Waals surface area contributed by atoms with Crippen molar-refractivity contribution < 1.29 is 24.1 Å². The minimum atomic E-state index is -4.25. The Bertz CT molecular complexity index is 668. The van der Waals surface area contributed by atoms with E-state index < -0.39 is 7.60 Å². The molecule has 1 saturated heterocycles. The van der Waals surface area contributed by atoms with Gasteiger partial charge in [-0.25, -0.2) is 9.78 Å². The first-order chi connectivity index (χ1) is 11.0. The van der Waals surface area contributed by atoms with Gasteiger partial charge in [0.15, 0.2) is 6.10 Å². The molecule has 1 heterocycles. The molecule has 4 saturated carbocycles. The predicted molar refractivity (Wildman–Crippen MR) is 82.8 cm³/mol. The van der Waals surface area contributed by atoms with Crippen molar-refractivity contribution in [3.8, 4) is 0 Å². The lowest BCUT2D eigenvalue weighted by Crippen LogP contribution is -2.67. The summed E-state index contributed by atoms with van der Waals surface area (Å²) in [5.74, 6) is 2.73. The van der Waals surface area contributed by atoms with E-state index in [1.807, 2.05) is 6.07 Å². The Hall–Kier alpha value is -0.710. The van der Waals surface area contributed by atoms with Crippen molar-refractivity contribution in [2.24, 2.45) is 23.7 Å². The molecule has 1 aromatic carbocycles. The maximum atomic E-state index is 11.5. The van der Waals surface area contributed by atoms with Crippen molar-refractivity contribution in [1.29, 1.82) is 0 Å². The summed E-state index contributed by atoms with van der Waals surface area (Å²) in [6.07, 6.45) is 6.04. The molecule has 5 fully saturated rings. The van der Waals surface area contributed by atoms with E-state index in [1.54, 1.807) is 12.1 Å². The first kappa shape index (κ1) is 14.6. The zero-order valence-corrected chi connectivity index (χ0v) is 13.7. The molecule has 23 heavy (non-hydrogen) atoms. The SMILES string of the molecule is O=P(O)(O)c1cccc(C2OOC23C2CC4CC(C2)CC3C4)c1. The van der Waals surface area contributed by atoms with Crippen LogP contribution in [0.4, 0.5) is 0 Å². The Labute approximate surface area is 135 Å². The molecule has 1 atom stereocenters. The van der Waals surface area contributed by atoms with Crippen LogP contribution in [0.25, 0.3) is 0 Å². The Morgan fingerprint density at radius 2 is 1.70 bits per heavy atom. The highest BCUT2D eigenvalue weighted by Gasteiger charge is 2.67. The monoisotopic (exact) mass is 336 g/mol. The number of rotatable bonds is 2. The standard InChI is InChI=1S/C17H21O5P/c18-23(19,20)15-3-1-2-12(9-15)16-17(22-21-16)13-5-10-4-11(7-13)8-14(17)6-10/h1-3,9-11,13-14,16H,4-8H2,(H2,18,19,20). The Kier molecular flexibility index (Phi) is 2.97. The number of benzene rings is 1. The van der Waals surface area contributed by atoms with E-state index in [1.165, 1.54) is 38.2 Å². The summed E-state index contributed by atoms with van der Waals surface area (Å²) in [5.41, 5.74) is 0.575. The van der Waals surface area contributed by atoms with Crippen LogP contribution in [0, 0.1) is 23.7 Å². The van der Waals surface area contributed by atoms with E-state index in [0.29, 0.717) is 11.8 Å². The lowest BCUT2D eigenvalue weighted by atomic mass is 9.48. The summed E-state index contributed by atoms with van der Waals surface area (Å²) < 4.78 is 11.5. The fourth-order valence-corrected chi connectivity index (χ4v) is 6.47. The van der Waals surface area contributed by atoms with Gasteiger partial charge in [-0.15, -0.1) is 0 Å². The highest BCUT2D eigenvalue weighted by Crippen LogP contribution is 2.67. The van der Waals surface area contributed by atoms with Gasteiger partial charge in [0.1, 0.15) is 5.60 Å². The lowest BCUT2D eigenvalue weighted by Gasteiger charge is -2.65. The van der Waals surface area contributed by atoms with E-state index in [-0.39, 0.29) is 17.0 Å². The van der Waals surface area contributed by atoms with Gasteiger partial charge in [0.25, 0.3) is 0 Å². The average Bonchev–Trinajstić information content (AvgIpc) is 2.45. The summed E-state index contributed by atoms with van der Waals surface area (Å²) in [6, 6.07) is 6.68. The highest BCUT2D eigenvalue weighted by molar-refractivity contribution is 7.60. The third-order valence-electron chi connectivity index (χ3n) is 6.62.